The number of carbonyl (C=O) groups is 1. The molecule has 0 bridgehead atoms. The van der Waals surface area contributed by atoms with Gasteiger partial charge in [-0.15, -0.1) is 0 Å². The number of hydrogen-bond donors (Lipinski definition) is 1. The van der Waals surface area contributed by atoms with E-state index in [1.165, 1.54) is 31.4 Å². The van der Waals surface area contributed by atoms with Crippen molar-refractivity contribution >= 4 is 11.6 Å². The standard InChI is InChI=1S/C18H14FN3O3/c1-25-16-11-12(19)7-8-14(16)20-18(24)15-9-10-17(23)22(21-15)13-5-3-2-4-6-13/h2-11H,1H3,(H,20,24). The summed E-state index contributed by atoms with van der Waals surface area (Å²) in [5, 5.41) is 6.68. The number of carbonyl (C=O) groups excluding carboxylic acids is 1. The number of anilines is 1. The molecule has 0 atom stereocenters. The number of amides is 1. The van der Waals surface area contributed by atoms with Crippen LogP contribution in [-0.4, -0.2) is 22.8 Å². The number of para-hydroxylation sites is 1. The average Bonchev–Trinajstić information content (AvgIpc) is 2.64. The number of ether oxygens (including phenoxy) is 1. The highest BCUT2D eigenvalue weighted by Gasteiger charge is 2.13. The van der Waals surface area contributed by atoms with Crippen LogP contribution in [0.25, 0.3) is 5.69 Å². The molecule has 3 aromatic rings. The minimum atomic E-state index is -0.547. The van der Waals surface area contributed by atoms with Gasteiger partial charge < -0.3 is 10.1 Å². The van der Waals surface area contributed by atoms with Crippen molar-refractivity contribution in [3.63, 3.8) is 0 Å². The minimum absolute atomic E-state index is 0.0369. The first-order valence-corrected chi connectivity index (χ1v) is 7.39. The zero-order valence-electron chi connectivity index (χ0n) is 13.3. The topological polar surface area (TPSA) is 73.2 Å². The summed E-state index contributed by atoms with van der Waals surface area (Å²) in [5.74, 6) is -0.843. The van der Waals surface area contributed by atoms with Crippen LogP contribution in [0.5, 0.6) is 5.75 Å². The van der Waals surface area contributed by atoms with Crippen molar-refractivity contribution in [1.29, 1.82) is 0 Å². The number of nitrogens with one attached hydrogen (secondary N) is 1. The largest absolute Gasteiger partial charge is 0.494 e. The summed E-state index contributed by atoms with van der Waals surface area (Å²) in [6, 6.07) is 15.1. The minimum Gasteiger partial charge on any atom is -0.494 e. The van der Waals surface area contributed by atoms with Crippen molar-refractivity contribution in [3.05, 3.63) is 82.5 Å². The van der Waals surface area contributed by atoms with Gasteiger partial charge in [0.25, 0.3) is 11.5 Å². The summed E-state index contributed by atoms with van der Waals surface area (Å²) < 4.78 is 19.4. The summed E-state index contributed by atoms with van der Waals surface area (Å²) >= 11 is 0. The Hall–Kier alpha value is -3.48. The van der Waals surface area contributed by atoms with Crippen LogP contribution >= 0.6 is 0 Å². The molecule has 0 fully saturated rings. The smallest absolute Gasteiger partial charge is 0.276 e. The van der Waals surface area contributed by atoms with E-state index in [4.69, 9.17) is 4.74 Å². The second-order valence-electron chi connectivity index (χ2n) is 5.10. The maximum Gasteiger partial charge on any atom is 0.276 e. The summed E-state index contributed by atoms with van der Waals surface area (Å²) in [5.41, 5.74) is 0.520. The molecule has 0 radical (unpaired) electrons. The Morgan fingerprint density at radius 3 is 2.60 bits per heavy atom. The summed E-state index contributed by atoms with van der Waals surface area (Å²) in [4.78, 5) is 24.4. The predicted octanol–water partition coefficient (Wildman–Crippen LogP) is 2.63. The maximum atomic E-state index is 13.2. The van der Waals surface area contributed by atoms with Gasteiger partial charge in [-0.25, -0.2) is 4.39 Å². The molecule has 25 heavy (non-hydrogen) atoms. The monoisotopic (exact) mass is 339 g/mol. The number of methoxy groups -OCH3 is 1. The van der Waals surface area contributed by atoms with Crippen LogP contribution < -0.4 is 15.6 Å². The lowest BCUT2D eigenvalue weighted by molar-refractivity contribution is 0.102. The second-order valence-corrected chi connectivity index (χ2v) is 5.10. The van der Waals surface area contributed by atoms with Gasteiger partial charge in [-0.2, -0.15) is 9.78 Å². The van der Waals surface area contributed by atoms with E-state index in [1.807, 2.05) is 6.07 Å². The second kappa shape index (κ2) is 6.96. The van der Waals surface area contributed by atoms with Crippen LogP contribution in [0.15, 0.2) is 65.5 Å². The molecule has 7 heteroatoms. The summed E-state index contributed by atoms with van der Waals surface area (Å²) in [6.45, 7) is 0. The number of halogens is 1. The van der Waals surface area contributed by atoms with Crippen molar-refractivity contribution < 1.29 is 13.9 Å². The Labute approximate surface area is 142 Å². The van der Waals surface area contributed by atoms with Crippen LogP contribution in [0.2, 0.25) is 0 Å². The van der Waals surface area contributed by atoms with Gasteiger partial charge in [0.05, 0.1) is 18.5 Å². The van der Waals surface area contributed by atoms with Gasteiger partial charge in [0.2, 0.25) is 0 Å². The van der Waals surface area contributed by atoms with Crippen molar-refractivity contribution in [1.82, 2.24) is 9.78 Å². The van der Waals surface area contributed by atoms with Crippen molar-refractivity contribution in [2.24, 2.45) is 0 Å². The van der Waals surface area contributed by atoms with Crippen LogP contribution in [0, 0.1) is 5.82 Å². The Balaban J connectivity index is 1.92. The molecule has 1 amide bonds. The van der Waals surface area contributed by atoms with Gasteiger partial charge in [-0.1, -0.05) is 18.2 Å². The van der Waals surface area contributed by atoms with Crippen molar-refractivity contribution in [3.8, 4) is 11.4 Å². The molecule has 1 N–H and O–H groups in total. The molecule has 1 heterocycles. The molecule has 0 aliphatic carbocycles. The first-order valence-electron chi connectivity index (χ1n) is 7.39. The van der Waals surface area contributed by atoms with E-state index in [2.05, 4.69) is 10.4 Å². The molecule has 1 aromatic heterocycles. The molecule has 126 valence electrons. The number of aromatic nitrogens is 2. The number of hydrogen-bond acceptors (Lipinski definition) is 4. The predicted molar refractivity (Wildman–Crippen MR) is 90.7 cm³/mol. The van der Waals surface area contributed by atoms with E-state index in [-0.39, 0.29) is 17.0 Å². The number of rotatable bonds is 4. The number of benzene rings is 2. The van der Waals surface area contributed by atoms with Gasteiger partial charge >= 0.3 is 0 Å². The zero-order valence-corrected chi connectivity index (χ0v) is 13.3. The van der Waals surface area contributed by atoms with E-state index < -0.39 is 11.7 Å². The fraction of sp³-hybridized carbons (Fsp3) is 0.0556. The van der Waals surface area contributed by atoms with Crippen molar-refractivity contribution in [2.45, 2.75) is 0 Å². The van der Waals surface area contributed by atoms with E-state index in [0.717, 1.165) is 10.7 Å². The van der Waals surface area contributed by atoms with E-state index in [9.17, 15) is 14.0 Å². The number of nitrogens with zero attached hydrogens (tertiary/aromatic N) is 2. The van der Waals surface area contributed by atoms with E-state index in [0.29, 0.717) is 11.4 Å². The molecule has 0 unspecified atom stereocenters. The maximum absolute atomic E-state index is 13.2. The Morgan fingerprint density at radius 2 is 1.88 bits per heavy atom. The third-order valence-corrected chi connectivity index (χ3v) is 3.45. The lowest BCUT2D eigenvalue weighted by Gasteiger charge is -2.11. The third-order valence-electron chi connectivity index (χ3n) is 3.45. The fourth-order valence-electron chi connectivity index (χ4n) is 2.24. The Bertz CT molecular complexity index is 971. The molecule has 0 spiro atoms. The fourth-order valence-corrected chi connectivity index (χ4v) is 2.24. The highest BCUT2D eigenvalue weighted by Crippen LogP contribution is 2.25. The first kappa shape index (κ1) is 16.4. The molecule has 6 nitrogen and oxygen atoms in total. The van der Waals surface area contributed by atoms with E-state index >= 15 is 0 Å². The van der Waals surface area contributed by atoms with Crippen LogP contribution in [0.3, 0.4) is 0 Å². The molecule has 2 aromatic carbocycles. The SMILES string of the molecule is COc1cc(F)ccc1NC(=O)c1ccc(=O)n(-c2ccccc2)n1. The van der Waals surface area contributed by atoms with Gasteiger partial charge in [0.15, 0.2) is 0 Å². The highest BCUT2D eigenvalue weighted by molar-refractivity contribution is 6.03. The van der Waals surface area contributed by atoms with Crippen molar-refractivity contribution in [2.75, 3.05) is 12.4 Å². The lowest BCUT2D eigenvalue weighted by atomic mass is 10.2. The molecule has 0 saturated heterocycles. The van der Waals surface area contributed by atoms with Gasteiger partial charge in [-0.3, -0.25) is 9.59 Å². The molecule has 3 rings (SSSR count). The van der Waals surface area contributed by atoms with Gasteiger partial charge in [-0.05, 0) is 30.3 Å². The highest BCUT2D eigenvalue weighted by atomic mass is 19.1. The average molecular weight is 339 g/mol. The molecular formula is C18H14FN3O3. The quantitative estimate of drug-likeness (QED) is 0.793. The van der Waals surface area contributed by atoms with Crippen LogP contribution in [0.1, 0.15) is 10.5 Å². The van der Waals surface area contributed by atoms with Gasteiger partial charge in [0, 0.05) is 12.1 Å². The Kier molecular flexibility index (Phi) is 4.56. The molecule has 0 aliphatic rings. The zero-order chi connectivity index (χ0) is 17.8. The first-order chi connectivity index (χ1) is 12.1. The van der Waals surface area contributed by atoms with Crippen LogP contribution in [-0.2, 0) is 0 Å². The lowest BCUT2D eigenvalue weighted by Crippen LogP contribution is -2.24. The normalized spacial score (nSPS) is 10.3. The van der Waals surface area contributed by atoms with Gasteiger partial charge in [0.1, 0.15) is 17.3 Å². The molecule has 0 aliphatic heterocycles. The van der Waals surface area contributed by atoms with Crippen LogP contribution in [0.4, 0.5) is 10.1 Å². The molecule has 0 saturated carbocycles. The Morgan fingerprint density at radius 1 is 1.12 bits per heavy atom. The summed E-state index contributed by atoms with van der Waals surface area (Å²) in [6.07, 6.45) is 0. The molecular weight excluding hydrogens is 325 g/mol. The third kappa shape index (κ3) is 3.55. The summed E-state index contributed by atoms with van der Waals surface area (Å²) in [7, 11) is 1.37. The van der Waals surface area contributed by atoms with E-state index in [1.54, 1.807) is 24.3 Å².